The number of aliphatic hydroxyl groups is 1. The smallest absolute Gasteiger partial charge is 0.332 e. The van der Waals surface area contributed by atoms with Gasteiger partial charge in [-0.25, -0.2) is 9.59 Å². The van der Waals surface area contributed by atoms with Crippen LogP contribution in [0.3, 0.4) is 0 Å². The monoisotopic (exact) mass is 348 g/mol. The number of carbonyl (C=O) groups is 2. The second-order valence-corrected chi connectivity index (χ2v) is 8.13. The summed E-state index contributed by atoms with van der Waals surface area (Å²) in [6.45, 7) is 11.9. The number of ether oxygens (including phenoxy) is 4. The first-order chi connectivity index (χ1) is 10.8. The standard InChI is InChI=1S/C17H32O7/c1-15(2,3)23-13(19)8-21-11-17(7,10-18)12-22-9-14(20)24-16(4,5)6/h18H,8-12H2,1-7H3. The molecule has 0 radical (unpaired) electrons. The molecule has 0 atom stereocenters. The van der Waals surface area contributed by atoms with Crippen molar-refractivity contribution in [1.82, 2.24) is 0 Å². The Hall–Kier alpha value is -1.18. The largest absolute Gasteiger partial charge is 0.458 e. The summed E-state index contributed by atoms with van der Waals surface area (Å²) in [4.78, 5) is 23.1. The minimum atomic E-state index is -0.732. The second-order valence-electron chi connectivity index (χ2n) is 8.13. The molecule has 7 nitrogen and oxygen atoms in total. The van der Waals surface area contributed by atoms with E-state index in [4.69, 9.17) is 18.9 Å². The molecule has 0 heterocycles. The Morgan fingerprint density at radius 1 is 0.750 bits per heavy atom. The Labute approximate surface area is 144 Å². The van der Waals surface area contributed by atoms with Crippen LogP contribution < -0.4 is 0 Å². The predicted octanol–water partition coefficient (Wildman–Crippen LogP) is 1.70. The van der Waals surface area contributed by atoms with Gasteiger partial charge in [-0.15, -0.1) is 0 Å². The molecule has 0 aliphatic carbocycles. The summed E-state index contributed by atoms with van der Waals surface area (Å²) < 4.78 is 20.9. The van der Waals surface area contributed by atoms with E-state index in [0.717, 1.165) is 0 Å². The number of hydrogen-bond donors (Lipinski definition) is 1. The van der Waals surface area contributed by atoms with E-state index < -0.39 is 28.6 Å². The summed E-state index contributed by atoms with van der Waals surface area (Å²) >= 11 is 0. The Morgan fingerprint density at radius 3 is 1.33 bits per heavy atom. The third-order valence-corrected chi connectivity index (χ3v) is 2.56. The molecule has 0 rings (SSSR count). The van der Waals surface area contributed by atoms with Gasteiger partial charge in [-0.3, -0.25) is 0 Å². The zero-order valence-electron chi connectivity index (χ0n) is 15.9. The van der Waals surface area contributed by atoms with Crippen LogP contribution in [0, 0.1) is 5.41 Å². The van der Waals surface area contributed by atoms with Gasteiger partial charge in [-0.2, -0.15) is 0 Å². The van der Waals surface area contributed by atoms with Crippen molar-refractivity contribution in [3.8, 4) is 0 Å². The first kappa shape index (κ1) is 22.8. The van der Waals surface area contributed by atoms with Crippen LogP contribution in [-0.4, -0.2) is 61.3 Å². The van der Waals surface area contributed by atoms with Gasteiger partial charge in [0.25, 0.3) is 0 Å². The van der Waals surface area contributed by atoms with Gasteiger partial charge in [0, 0.05) is 5.41 Å². The molecule has 0 spiro atoms. The number of hydrogen-bond acceptors (Lipinski definition) is 7. The zero-order chi connectivity index (χ0) is 19.0. The predicted molar refractivity (Wildman–Crippen MR) is 88.5 cm³/mol. The number of esters is 2. The van der Waals surface area contributed by atoms with Gasteiger partial charge >= 0.3 is 11.9 Å². The summed E-state index contributed by atoms with van der Waals surface area (Å²) in [5.41, 5.74) is -1.88. The van der Waals surface area contributed by atoms with Crippen molar-refractivity contribution >= 4 is 11.9 Å². The molecule has 1 N–H and O–H groups in total. The first-order valence-corrected chi connectivity index (χ1v) is 7.96. The minimum Gasteiger partial charge on any atom is -0.458 e. The van der Waals surface area contributed by atoms with Gasteiger partial charge in [-0.1, -0.05) is 6.92 Å². The molecule has 0 aromatic carbocycles. The quantitative estimate of drug-likeness (QED) is 0.634. The van der Waals surface area contributed by atoms with Crippen molar-refractivity contribution < 1.29 is 33.6 Å². The molecule has 7 heteroatoms. The Balaban J connectivity index is 4.16. The van der Waals surface area contributed by atoms with Gasteiger partial charge in [0.05, 0.1) is 19.8 Å². The summed E-state index contributed by atoms with van der Waals surface area (Å²) in [5, 5.41) is 9.50. The molecule has 0 saturated carbocycles. The van der Waals surface area contributed by atoms with Crippen molar-refractivity contribution in [2.24, 2.45) is 5.41 Å². The van der Waals surface area contributed by atoms with Gasteiger partial charge < -0.3 is 24.1 Å². The second kappa shape index (κ2) is 9.34. The van der Waals surface area contributed by atoms with E-state index in [1.807, 2.05) is 0 Å². The van der Waals surface area contributed by atoms with Crippen LogP contribution in [0.4, 0.5) is 0 Å². The molecule has 0 amide bonds. The van der Waals surface area contributed by atoms with Crippen molar-refractivity contribution in [2.45, 2.75) is 59.7 Å². The van der Waals surface area contributed by atoms with Gasteiger partial charge in [-0.05, 0) is 41.5 Å². The molecule has 0 bridgehead atoms. The van der Waals surface area contributed by atoms with Crippen molar-refractivity contribution in [3.05, 3.63) is 0 Å². The Bertz CT molecular complexity index is 370. The highest BCUT2D eigenvalue weighted by molar-refractivity contribution is 5.71. The number of aliphatic hydroxyl groups excluding tert-OH is 1. The molecular weight excluding hydrogens is 316 g/mol. The van der Waals surface area contributed by atoms with Crippen LogP contribution in [0.25, 0.3) is 0 Å². The Kier molecular flexibility index (Phi) is 8.88. The lowest BCUT2D eigenvalue weighted by Gasteiger charge is -2.27. The maximum Gasteiger partial charge on any atom is 0.332 e. The average molecular weight is 348 g/mol. The number of carbonyl (C=O) groups excluding carboxylic acids is 2. The first-order valence-electron chi connectivity index (χ1n) is 7.96. The van der Waals surface area contributed by atoms with Gasteiger partial charge in [0.15, 0.2) is 0 Å². The minimum absolute atomic E-state index is 0.0943. The van der Waals surface area contributed by atoms with E-state index >= 15 is 0 Å². The van der Waals surface area contributed by atoms with Crippen molar-refractivity contribution in [2.75, 3.05) is 33.0 Å². The van der Waals surface area contributed by atoms with Crippen LogP contribution in [0.5, 0.6) is 0 Å². The number of rotatable bonds is 9. The van der Waals surface area contributed by atoms with E-state index in [9.17, 15) is 14.7 Å². The fourth-order valence-corrected chi connectivity index (χ4v) is 1.64. The van der Waals surface area contributed by atoms with Crippen LogP contribution in [0.15, 0.2) is 0 Å². The van der Waals surface area contributed by atoms with E-state index in [0.29, 0.717) is 0 Å². The van der Waals surface area contributed by atoms with E-state index in [1.54, 1.807) is 48.5 Å². The fourth-order valence-electron chi connectivity index (χ4n) is 1.64. The molecular formula is C17H32O7. The molecule has 0 unspecified atom stereocenters. The molecule has 0 aromatic heterocycles. The molecule has 0 aromatic rings. The maximum atomic E-state index is 11.6. The summed E-state index contributed by atoms with van der Waals surface area (Å²) in [7, 11) is 0. The fraction of sp³-hybridized carbons (Fsp3) is 0.882. The summed E-state index contributed by atoms with van der Waals surface area (Å²) in [6.07, 6.45) is 0. The van der Waals surface area contributed by atoms with Crippen LogP contribution >= 0.6 is 0 Å². The lowest BCUT2D eigenvalue weighted by molar-refractivity contribution is -0.164. The lowest BCUT2D eigenvalue weighted by atomic mass is 9.94. The molecule has 0 saturated heterocycles. The van der Waals surface area contributed by atoms with E-state index in [2.05, 4.69) is 0 Å². The average Bonchev–Trinajstić information content (AvgIpc) is 2.34. The summed E-state index contributed by atoms with van der Waals surface area (Å²) in [5.74, 6) is -0.949. The molecule has 0 fully saturated rings. The van der Waals surface area contributed by atoms with Crippen molar-refractivity contribution in [1.29, 1.82) is 0 Å². The highest BCUT2D eigenvalue weighted by atomic mass is 16.6. The van der Waals surface area contributed by atoms with Crippen molar-refractivity contribution in [3.63, 3.8) is 0 Å². The van der Waals surface area contributed by atoms with Gasteiger partial charge in [0.1, 0.15) is 24.4 Å². The maximum absolute atomic E-state index is 11.6. The topological polar surface area (TPSA) is 91.3 Å². The lowest BCUT2D eigenvalue weighted by Crippen LogP contribution is -2.36. The third-order valence-electron chi connectivity index (χ3n) is 2.56. The molecule has 24 heavy (non-hydrogen) atoms. The van der Waals surface area contributed by atoms with Gasteiger partial charge in [0.2, 0.25) is 0 Å². The van der Waals surface area contributed by atoms with Crippen LogP contribution in [0.1, 0.15) is 48.5 Å². The SMILES string of the molecule is CC(CO)(COCC(=O)OC(C)(C)C)COCC(=O)OC(C)(C)C. The van der Waals surface area contributed by atoms with Crippen LogP contribution in [-0.2, 0) is 28.5 Å². The van der Waals surface area contributed by atoms with E-state index in [-0.39, 0.29) is 33.0 Å². The molecule has 0 aliphatic rings. The highest BCUT2D eigenvalue weighted by Gasteiger charge is 2.26. The Morgan fingerprint density at radius 2 is 1.08 bits per heavy atom. The molecule has 142 valence electrons. The van der Waals surface area contributed by atoms with Crippen LogP contribution in [0.2, 0.25) is 0 Å². The normalized spacial score (nSPS) is 12.8. The zero-order valence-corrected chi connectivity index (χ0v) is 15.9. The summed E-state index contributed by atoms with van der Waals surface area (Å²) in [6, 6.07) is 0. The third kappa shape index (κ3) is 12.3. The highest BCUT2D eigenvalue weighted by Crippen LogP contribution is 2.17. The molecule has 0 aliphatic heterocycles. The van der Waals surface area contributed by atoms with E-state index in [1.165, 1.54) is 0 Å².